The monoisotopic (exact) mass is 654 g/mol. The fourth-order valence-electron chi connectivity index (χ4n) is 7.15. The van der Waals surface area contributed by atoms with Gasteiger partial charge in [0.1, 0.15) is 4.32 Å². The van der Waals surface area contributed by atoms with Crippen LogP contribution in [-0.4, -0.2) is 63.4 Å². The van der Waals surface area contributed by atoms with Crippen LogP contribution >= 0.6 is 60.4 Å². The maximum absolute atomic E-state index is 13.7. The van der Waals surface area contributed by atoms with Gasteiger partial charge in [0.25, 0.3) is 5.91 Å². The van der Waals surface area contributed by atoms with E-state index in [0.29, 0.717) is 12.0 Å². The summed E-state index contributed by atoms with van der Waals surface area (Å²) in [5.41, 5.74) is 4.71. The van der Waals surface area contributed by atoms with E-state index >= 15 is 0 Å². The summed E-state index contributed by atoms with van der Waals surface area (Å²) in [6, 6.07) is 10.7. The zero-order chi connectivity index (χ0) is 26.9. The number of aryl methyl sites for hydroxylation is 1. The molecule has 2 aromatic rings. The zero-order valence-corrected chi connectivity index (χ0v) is 27.7. The fourth-order valence-corrected chi connectivity index (χ4v) is 8.62. The quantitative estimate of drug-likeness (QED) is 0.176. The van der Waals surface area contributed by atoms with Crippen LogP contribution in [0.5, 0.6) is 0 Å². The van der Waals surface area contributed by atoms with E-state index in [2.05, 4.69) is 46.1 Å². The summed E-state index contributed by atoms with van der Waals surface area (Å²) in [6.07, 6.45) is 11.6. The molecule has 2 aliphatic carbocycles. The van der Waals surface area contributed by atoms with Crippen molar-refractivity contribution < 1.29 is 4.79 Å². The van der Waals surface area contributed by atoms with Crippen LogP contribution in [0.4, 0.5) is 0 Å². The number of thiocarbonyl (C=S) groups is 1. The Bertz CT molecular complexity index is 1260. The predicted octanol–water partition coefficient (Wildman–Crippen LogP) is 7.20. The van der Waals surface area contributed by atoms with E-state index in [-0.39, 0.29) is 30.7 Å². The Kier molecular flexibility index (Phi) is 11.7. The minimum Gasteiger partial charge on any atom is -0.344 e. The molecule has 0 spiro atoms. The number of unbranched alkanes of at least 4 members (excludes halogenated alkanes) is 2. The second kappa shape index (κ2) is 14.6. The van der Waals surface area contributed by atoms with Crippen LogP contribution < -0.4 is 5.32 Å². The van der Waals surface area contributed by atoms with Crippen LogP contribution in [-0.2, 0) is 18.3 Å². The molecule has 2 saturated heterocycles. The number of nitrogens with one attached hydrogen (secondary N) is 1. The van der Waals surface area contributed by atoms with E-state index in [0.717, 1.165) is 82.6 Å². The highest BCUT2D eigenvalue weighted by Crippen LogP contribution is 2.49. The molecule has 3 heterocycles. The Hall–Kier alpha value is -1.06. The Labute approximate surface area is 271 Å². The molecule has 1 N–H and O–H groups in total. The average molecular weight is 656 g/mol. The number of fused-ring (bicyclic) bond motifs is 2. The molecule has 10 heteroatoms. The van der Waals surface area contributed by atoms with E-state index in [4.69, 9.17) is 23.8 Å². The second-order valence-electron chi connectivity index (χ2n) is 11.7. The van der Waals surface area contributed by atoms with Crippen molar-refractivity contribution in [1.82, 2.24) is 19.7 Å². The third kappa shape index (κ3) is 7.19. The lowest BCUT2D eigenvalue weighted by molar-refractivity contribution is -0.124. The molecule has 4 fully saturated rings. The summed E-state index contributed by atoms with van der Waals surface area (Å²) in [6.45, 7) is 5.72. The third-order valence-electron chi connectivity index (χ3n) is 9.26. The number of hydrogen-bond donors (Lipinski definition) is 1. The first-order valence-electron chi connectivity index (χ1n) is 14.6. The molecule has 6 rings (SSSR count). The van der Waals surface area contributed by atoms with Crippen LogP contribution in [0.25, 0.3) is 17.3 Å². The molecule has 3 atom stereocenters. The molecule has 4 aliphatic rings. The Morgan fingerprint density at radius 1 is 1.07 bits per heavy atom. The Balaban J connectivity index is 0.00000194. The number of benzene rings is 1. The number of piperazine rings is 1. The van der Waals surface area contributed by atoms with E-state index in [1.165, 1.54) is 56.0 Å². The normalized spacial score (nSPS) is 25.2. The van der Waals surface area contributed by atoms with E-state index in [9.17, 15) is 4.79 Å². The number of carbonyl (C=O) groups is 1. The lowest BCUT2D eigenvalue weighted by Gasteiger charge is -2.30. The summed E-state index contributed by atoms with van der Waals surface area (Å²) in [5, 5.41) is 4.17. The van der Waals surface area contributed by atoms with Crippen LogP contribution in [0.15, 0.2) is 35.2 Å². The Morgan fingerprint density at radius 3 is 2.51 bits per heavy atom. The lowest BCUT2D eigenvalue weighted by Crippen LogP contribution is -2.43. The highest BCUT2D eigenvalue weighted by atomic mass is 35.5. The van der Waals surface area contributed by atoms with Crippen molar-refractivity contribution in [3.63, 3.8) is 0 Å². The number of halogens is 3. The predicted molar refractivity (Wildman–Crippen MR) is 181 cm³/mol. The van der Waals surface area contributed by atoms with Gasteiger partial charge in [0.05, 0.1) is 4.91 Å². The summed E-state index contributed by atoms with van der Waals surface area (Å²) in [7, 11) is 2.11. The molecule has 2 bridgehead atoms. The summed E-state index contributed by atoms with van der Waals surface area (Å²) in [5.74, 6) is 1.51. The van der Waals surface area contributed by atoms with E-state index in [1.807, 2.05) is 17.0 Å². The van der Waals surface area contributed by atoms with Gasteiger partial charge in [-0.05, 0) is 92.3 Å². The molecule has 2 aliphatic heterocycles. The van der Waals surface area contributed by atoms with Gasteiger partial charge in [0, 0.05) is 55.7 Å². The van der Waals surface area contributed by atoms with Crippen molar-refractivity contribution in [2.24, 2.45) is 18.9 Å². The number of thioether (sulfide) groups is 1. The largest absolute Gasteiger partial charge is 0.344 e. The summed E-state index contributed by atoms with van der Waals surface area (Å²) < 4.78 is 2.98. The molecule has 41 heavy (non-hydrogen) atoms. The minimum atomic E-state index is 0. The maximum Gasteiger partial charge on any atom is 0.266 e. The van der Waals surface area contributed by atoms with Crippen molar-refractivity contribution >= 4 is 76.7 Å². The number of nitrogens with zero attached hydrogens (tertiary/aromatic N) is 3. The number of rotatable bonds is 9. The van der Waals surface area contributed by atoms with Crippen LogP contribution in [0.1, 0.15) is 56.2 Å². The van der Waals surface area contributed by atoms with Gasteiger partial charge in [-0.15, -0.1) is 24.8 Å². The third-order valence-corrected chi connectivity index (χ3v) is 10.8. The first kappa shape index (κ1) is 32.8. The van der Waals surface area contributed by atoms with Gasteiger partial charge in [-0.3, -0.25) is 9.69 Å². The van der Waals surface area contributed by atoms with Gasteiger partial charge in [0.2, 0.25) is 0 Å². The van der Waals surface area contributed by atoms with Gasteiger partial charge in [-0.1, -0.05) is 60.6 Å². The number of aromatic nitrogens is 1. The number of amides is 1. The zero-order valence-electron chi connectivity index (χ0n) is 23.6. The topological polar surface area (TPSA) is 40.5 Å². The van der Waals surface area contributed by atoms with E-state index < -0.39 is 0 Å². The fraction of sp³-hybridized carbons (Fsp3) is 0.548. The molecule has 2 saturated carbocycles. The van der Waals surface area contributed by atoms with Crippen LogP contribution in [0, 0.1) is 11.8 Å². The highest BCUT2D eigenvalue weighted by molar-refractivity contribution is 8.26. The van der Waals surface area contributed by atoms with Crippen molar-refractivity contribution in [2.45, 2.75) is 57.4 Å². The van der Waals surface area contributed by atoms with Crippen LogP contribution in [0.2, 0.25) is 5.02 Å². The van der Waals surface area contributed by atoms with Gasteiger partial charge in [0.15, 0.2) is 0 Å². The molecule has 1 aromatic heterocycles. The molecule has 0 radical (unpaired) electrons. The molecule has 5 nitrogen and oxygen atoms in total. The SMILES string of the molecule is Cl.Cl.Cn1c(-c2ccc(Cl)cc2)cc(CCCCCN2CCNCC2)c1/C=C1/SC(=S)N(C2CC3CCC2C3)C1=O. The first-order chi connectivity index (χ1) is 19.0. The lowest BCUT2D eigenvalue weighted by atomic mass is 9.94. The molecule has 3 unspecified atom stereocenters. The smallest absolute Gasteiger partial charge is 0.266 e. The number of hydrogen-bond acceptors (Lipinski definition) is 5. The maximum atomic E-state index is 13.7. The summed E-state index contributed by atoms with van der Waals surface area (Å²) >= 11 is 13.4. The molecular weight excluding hydrogens is 615 g/mol. The minimum absolute atomic E-state index is 0. The average Bonchev–Trinajstić information content (AvgIpc) is 3.70. The van der Waals surface area contributed by atoms with Gasteiger partial charge in [-0.2, -0.15) is 0 Å². The van der Waals surface area contributed by atoms with Crippen molar-refractivity contribution in [3.05, 3.63) is 51.5 Å². The number of carbonyl (C=O) groups excluding carboxylic acids is 1. The Morgan fingerprint density at radius 2 is 1.83 bits per heavy atom. The van der Waals surface area contributed by atoms with Gasteiger partial charge < -0.3 is 14.8 Å². The molecule has 1 aromatic carbocycles. The first-order valence-corrected chi connectivity index (χ1v) is 16.2. The highest BCUT2D eigenvalue weighted by Gasteiger charge is 2.48. The van der Waals surface area contributed by atoms with Crippen LogP contribution in [0.3, 0.4) is 0 Å². The standard InChI is InChI=1S/C31H39ClN4OS2.2ClH/c1-34-26(22-8-10-25(32)11-9-22)19-23(5-3-2-4-14-35-15-12-33-13-16-35)27(34)20-29-30(37)36(31(38)39-29)28-18-21-6-7-24(28)17-21;;/h8-11,19-21,24,28,33H,2-7,12-18H2,1H3;2*1H/b29-20+;;. The van der Waals surface area contributed by atoms with E-state index in [1.54, 1.807) is 0 Å². The molecular formula is C31H41Cl3N4OS2. The molecule has 224 valence electrons. The van der Waals surface area contributed by atoms with Crippen molar-refractivity contribution in [1.29, 1.82) is 0 Å². The second-order valence-corrected chi connectivity index (χ2v) is 13.8. The summed E-state index contributed by atoms with van der Waals surface area (Å²) in [4.78, 5) is 19.0. The van der Waals surface area contributed by atoms with Gasteiger partial charge >= 0.3 is 0 Å². The van der Waals surface area contributed by atoms with Crippen molar-refractivity contribution in [3.8, 4) is 11.3 Å². The van der Waals surface area contributed by atoms with Gasteiger partial charge in [-0.25, -0.2) is 0 Å². The molecule has 1 amide bonds. The van der Waals surface area contributed by atoms with Crippen molar-refractivity contribution in [2.75, 3.05) is 32.7 Å².